The number of nitrogens with two attached hydrogens (primary N) is 8. The normalized spacial score (nSPS) is 14.1. The van der Waals surface area contributed by atoms with Gasteiger partial charge in [0.1, 0.15) is 48.0 Å². The van der Waals surface area contributed by atoms with E-state index in [1.807, 2.05) is 13.8 Å². The molecule has 66 heavy (non-hydrogen) atoms. The van der Waals surface area contributed by atoms with Crippen LogP contribution in [0.1, 0.15) is 71.6 Å². The second-order valence-corrected chi connectivity index (χ2v) is 14.4. The minimum Gasteiger partial charge on any atom is -0.508 e. The number of phenolic OH excluding ortho intramolecular Hbond substituents is 1. The maximum absolute atomic E-state index is 10.4. The summed E-state index contributed by atoms with van der Waals surface area (Å²) in [4.78, 5) is 77.0. The second-order valence-electron chi connectivity index (χ2n) is 14.4. The molecular weight excluding hydrogens is 880 g/mol. The Morgan fingerprint density at radius 3 is 1.27 bits per heavy atom. The summed E-state index contributed by atoms with van der Waals surface area (Å²) in [6, 6.07) is 0.163. The Hall–Kier alpha value is -5.88. The summed E-state index contributed by atoms with van der Waals surface area (Å²) in [7, 11) is 0. The molecule has 1 aromatic carbocycles. The average Bonchev–Trinajstić information content (AvgIpc) is 3.77. The monoisotopic (exact) mass is 955 g/mol. The molecule has 1 heterocycles. The maximum Gasteiger partial charge on any atom is 0.323 e. The standard InChI is InChI=1S/C9H11NO3.C6H9N3O2.C6H14N2O2.C6H13NO2.C5H11NO2.C4H9NO3.C3H7NO3/c10-8(9(12)13)5-6-1-3-7(11)4-2-6;7-5(6(10)11)1-4-2-8-3-9-4;7-4-2-1-3-5(8)6(9)10;1-3-4(2)5(7)6(8)9;1-3(2)4(6)5(7)8;1-2(6)3(5)4(7)8;4-2(1-5)3(6)7/h1-4,8,11H,5,10H2,(H,12,13);2-3,5H,1,7H2,(H,8,9)(H,10,11);5H,1-4,7-8H2,(H,9,10);4-5H,3,7H2,1-2H3,(H,8,9);3-4H,6H2,1-2H3,(H,7,8);2-3,6H,5H2,1H3,(H,7,8);2,5H,1,4H2,(H,6,7). The number of hydrogen-bond donors (Lipinski definition) is 19. The summed E-state index contributed by atoms with van der Waals surface area (Å²) in [6.07, 6.45) is 5.61. The third-order valence-electron chi connectivity index (χ3n) is 8.17. The molecule has 0 bridgehead atoms. The van der Waals surface area contributed by atoms with E-state index in [2.05, 4.69) is 9.97 Å². The fourth-order valence-electron chi connectivity index (χ4n) is 3.39. The first kappa shape index (κ1) is 69.2. The largest absolute Gasteiger partial charge is 0.508 e. The van der Waals surface area contributed by atoms with Crippen molar-refractivity contribution in [2.24, 2.45) is 57.7 Å². The van der Waals surface area contributed by atoms with E-state index in [9.17, 15) is 33.6 Å². The van der Waals surface area contributed by atoms with E-state index >= 15 is 0 Å². The van der Waals surface area contributed by atoms with E-state index in [-0.39, 0.29) is 30.4 Å². The molecule has 0 amide bonds. The van der Waals surface area contributed by atoms with Crippen molar-refractivity contribution in [2.75, 3.05) is 13.2 Å². The Bertz CT molecular complexity index is 1600. The molecular formula is C39H74N10O17. The predicted molar refractivity (Wildman–Crippen MR) is 239 cm³/mol. The molecule has 27 heteroatoms. The quantitative estimate of drug-likeness (QED) is 0.0585. The Morgan fingerprint density at radius 2 is 1.03 bits per heavy atom. The molecule has 9 atom stereocenters. The lowest BCUT2D eigenvalue weighted by Crippen LogP contribution is -2.39. The highest BCUT2D eigenvalue weighted by Gasteiger charge is 2.18. The summed E-state index contributed by atoms with van der Waals surface area (Å²) in [5, 5.41) is 83.3. The van der Waals surface area contributed by atoms with Crippen LogP contribution >= 0.6 is 0 Å². The van der Waals surface area contributed by atoms with Gasteiger partial charge in [0.25, 0.3) is 0 Å². The van der Waals surface area contributed by atoms with Gasteiger partial charge >= 0.3 is 41.8 Å². The van der Waals surface area contributed by atoms with Crippen LogP contribution in [0.2, 0.25) is 0 Å². The molecule has 2 aromatic rings. The highest BCUT2D eigenvalue weighted by Crippen LogP contribution is 2.11. The molecule has 0 aliphatic rings. The lowest BCUT2D eigenvalue weighted by atomic mass is 10.0. The number of carboxylic acids is 7. The van der Waals surface area contributed by atoms with Crippen molar-refractivity contribution in [3.8, 4) is 5.75 Å². The van der Waals surface area contributed by atoms with Crippen LogP contribution in [0.3, 0.4) is 0 Å². The number of rotatable bonds is 20. The van der Waals surface area contributed by atoms with E-state index in [1.165, 1.54) is 25.4 Å². The summed E-state index contributed by atoms with van der Waals surface area (Å²) in [5.74, 6) is -6.90. The summed E-state index contributed by atoms with van der Waals surface area (Å²) >= 11 is 0. The number of nitrogens with zero attached hydrogens (tertiary/aromatic N) is 1. The molecule has 9 unspecified atom stereocenters. The smallest absolute Gasteiger partial charge is 0.323 e. The molecule has 0 radical (unpaired) electrons. The zero-order valence-corrected chi connectivity index (χ0v) is 37.8. The number of aromatic nitrogens is 2. The Balaban J connectivity index is -0.000000222. The van der Waals surface area contributed by atoms with Crippen LogP contribution in [0.5, 0.6) is 5.75 Å². The summed E-state index contributed by atoms with van der Waals surface area (Å²) in [5.41, 5.74) is 42.6. The third kappa shape index (κ3) is 40.9. The average molecular weight is 955 g/mol. The molecule has 0 saturated carbocycles. The number of unbranched alkanes of at least 4 members (excludes halogenated alkanes) is 1. The zero-order valence-electron chi connectivity index (χ0n) is 37.8. The van der Waals surface area contributed by atoms with Gasteiger partial charge in [0.05, 0.1) is 19.0 Å². The van der Waals surface area contributed by atoms with E-state index < -0.39 is 96.8 Å². The van der Waals surface area contributed by atoms with Gasteiger partial charge in [-0.05, 0) is 62.3 Å². The van der Waals surface area contributed by atoms with Crippen molar-refractivity contribution in [1.82, 2.24) is 9.97 Å². The van der Waals surface area contributed by atoms with Crippen molar-refractivity contribution in [2.45, 2.75) is 122 Å². The van der Waals surface area contributed by atoms with E-state index in [1.54, 1.807) is 32.2 Å². The number of hydrogen-bond acceptors (Lipinski definition) is 19. The van der Waals surface area contributed by atoms with Gasteiger partial charge in [-0.15, -0.1) is 0 Å². The lowest BCUT2D eigenvalue weighted by Gasteiger charge is -2.11. The molecule has 27 N–H and O–H groups in total. The number of phenols is 1. The zero-order chi connectivity index (χ0) is 52.9. The first-order valence-corrected chi connectivity index (χ1v) is 20.0. The molecule has 0 aliphatic carbocycles. The van der Waals surface area contributed by atoms with Crippen LogP contribution in [0.4, 0.5) is 0 Å². The Labute approximate surface area is 382 Å². The number of H-pyrrole nitrogens is 1. The van der Waals surface area contributed by atoms with Gasteiger partial charge in [-0.25, -0.2) is 4.98 Å². The van der Waals surface area contributed by atoms with Crippen LogP contribution in [-0.2, 0) is 46.4 Å². The maximum atomic E-state index is 10.4. The highest BCUT2D eigenvalue weighted by atomic mass is 16.4. The van der Waals surface area contributed by atoms with Gasteiger partial charge < -0.3 is 102 Å². The fraction of sp³-hybridized carbons (Fsp3) is 0.590. The van der Waals surface area contributed by atoms with E-state index in [0.29, 0.717) is 13.0 Å². The van der Waals surface area contributed by atoms with Crippen molar-refractivity contribution in [3.05, 3.63) is 48.0 Å². The van der Waals surface area contributed by atoms with Gasteiger partial charge in [0.2, 0.25) is 0 Å². The summed E-state index contributed by atoms with van der Waals surface area (Å²) in [6.45, 7) is 8.74. The first-order valence-electron chi connectivity index (χ1n) is 20.0. The van der Waals surface area contributed by atoms with Crippen LogP contribution in [0.25, 0.3) is 0 Å². The molecule has 0 aliphatic heterocycles. The van der Waals surface area contributed by atoms with Gasteiger partial charge in [-0.1, -0.05) is 52.7 Å². The number of imidazole rings is 1. The number of aromatic amines is 1. The van der Waals surface area contributed by atoms with Gasteiger partial charge in [0, 0.05) is 18.3 Å². The van der Waals surface area contributed by atoms with Gasteiger partial charge in [0.15, 0.2) is 0 Å². The van der Waals surface area contributed by atoms with Crippen molar-refractivity contribution in [1.29, 1.82) is 0 Å². The molecule has 1 aromatic heterocycles. The van der Waals surface area contributed by atoms with Crippen molar-refractivity contribution >= 4 is 41.8 Å². The minimum absolute atomic E-state index is 0.0208. The van der Waals surface area contributed by atoms with Crippen LogP contribution in [0, 0.1) is 11.8 Å². The third-order valence-corrected chi connectivity index (χ3v) is 8.17. The molecule has 0 saturated heterocycles. The number of benzene rings is 1. The molecule has 382 valence electrons. The Morgan fingerprint density at radius 1 is 0.606 bits per heavy atom. The Kier molecular flexibility index (Phi) is 42.6. The topological polar surface area (TPSA) is 559 Å². The van der Waals surface area contributed by atoms with Gasteiger partial charge in [-0.2, -0.15) is 0 Å². The number of aromatic hydroxyl groups is 1. The number of carbonyl (C=O) groups is 7. The molecule has 27 nitrogen and oxygen atoms in total. The second kappa shape index (κ2) is 40.6. The SMILES string of the molecule is CC(C)C(N)C(=O)O.CC(O)C(N)C(=O)O.CCC(C)C(N)C(=O)O.NC(CO)C(=O)O.NC(Cc1ccc(O)cc1)C(=O)O.NC(Cc1cnc[nH]1)C(=O)O.NCCCCC(N)C(=O)O. The molecule has 0 fully saturated rings. The molecule has 2 rings (SSSR count). The number of aliphatic carboxylic acids is 7. The van der Waals surface area contributed by atoms with Crippen LogP contribution < -0.4 is 45.9 Å². The number of carboxylic acid groups (broad SMARTS) is 7. The predicted octanol–water partition coefficient (Wildman–Crippen LogP) is -3.09. The van der Waals surface area contributed by atoms with Crippen molar-refractivity contribution < 1.29 is 84.6 Å². The van der Waals surface area contributed by atoms with Crippen LogP contribution in [0.15, 0.2) is 36.8 Å². The minimum atomic E-state index is -1.18. The highest BCUT2D eigenvalue weighted by molar-refractivity contribution is 5.75. The van der Waals surface area contributed by atoms with E-state index in [0.717, 1.165) is 30.5 Å². The number of nitrogens with one attached hydrogen (secondary N) is 1. The lowest BCUT2D eigenvalue weighted by molar-refractivity contribution is -0.141. The van der Waals surface area contributed by atoms with Crippen LogP contribution in [-0.4, -0.2) is 164 Å². The number of aliphatic hydroxyl groups is 2. The summed E-state index contributed by atoms with van der Waals surface area (Å²) < 4.78 is 0. The van der Waals surface area contributed by atoms with E-state index in [4.69, 9.17) is 96.9 Å². The fourth-order valence-corrected chi connectivity index (χ4v) is 3.39. The van der Waals surface area contributed by atoms with Crippen molar-refractivity contribution in [3.63, 3.8) is 0 Å². The first-order chi connectivity index (χ1) is 30.4. The number of aliphatic hydroxyl groups excluding tert-OH is 2. The van der Waals surface area contributed by atoms with Gasteiger partial charge in [-0.3, -0.25) is 33.6 Å². The molecule has 0 spiro atoms.